The van der Waals surface area contributed by atoms with Gasteiger partial charge in [0, 0.05) is 23.5 Å². The number of carbonyl (C=O) groups excluding carboxylic acids is 1. The first-order chi connectivity index (χ1) is 14.2. The van der Waals surface area contributed by atoms with Crippen LogP contribution in [-0.4, -0.2) is 37.0 Å². The smallest absolute Gasteiger partial charge is 0.226 e. The van der Waals surface area contributed by atoms with Crippen molar-refractivity contribution in [2.24, 2.45) is 0 Å². The van der Waals surface area contributed by atoms with Crippen LogP contribution in [0.2, 0.25) is 5.02 Å². The third-order valence-corrected chi connectivity index (χ3v) is 4.82. The van der Waals surface area contributed by atoms with E-state index in [-0.39, 0.29) is 18.4 Å². The number of hydrogen-bond donors (Lipinski definition) is 3. The summed E-state index contributed by atoms with van der Waals surface area (Å²) in [5, 5.41) is 33.6. The molecule has 0 fully saturated rings. The molecular weight excluding hydrogens is 404 g/mol. The van der Waals surface area contributed by atoms with Crippen LogP contribution in [0.1, 0.15) is 37.7 Å². The van der Waals surface area contributed by atoms with Gasteiger partial charge in [0.2, 0.25) is 5.91 Å². The molecule has 2 aromatic heterocycles. The van der Waals surface area contributed by atoms with Crippen molar-refractivity contribution >= 4 is 17.5 Å². The molecule has 9 heteroatoms. The Morgan fingerprint density at radius 1 is 1.40 bits per heavy atom. The molecule has 0 spiro atoms. The van der Waals surface area contributed by atoms with Gasteiger partial charge in [-0.1, -0.05) is 17.7 Å². The minimum absolute atomic E-state index is 0.140. The topological polar surface area (TPSA) is 120 Å². The number of H-pyrrole nitrogens is 1. The second kappa shape index (κ2) is 8.69. The number of amides is 1. The van der Waals surface area contributed by atoms with E-state index in [0.717, 1.165) is 11.3 Å². The number of aliphatic hydroxyl groups is 1. The maximum absolute atomic E-state index is 12.3. The zero-order valence-electron chi connectivity index (χ0n) is 17.0. The molecule has 8 nitrogen and oxygen atoms in total. The highest BCUT2D eigenvalue weighted by Crippen LogP contribution is 2.24. The lowest BCUT2D eigenvalue weighted by Gasteiger charge is -2.14. The number of rotatable bonds is 7. The summed E-state index contributed by atoms with van der Waals surface area (Å²) < 4.78 is 1.75. The minimum atomic E-state index is -1.06. The van der Waals surface area contributed by atoms with Gasteiger partial charge >= 0.3 is 0 Å². The minimum Gasteiger partial charge on any atom is -0.384 e. The number of aromatic amines is 1. The molecule has 0 aliphatic carbocycles. The van der Waals surface area contributed by atoms with Gasteiger partial charge in [0.05, 0.1) is 34.9 Å². The molecule has 0 saturated carbocycles. The van der Waals surface area contributed by atoms with Gasteiger partial charge in [-0.25, -0.2) is 0 Å². The molecule has 1 amide bonds. The molecule has 3 N–H and O–H groups in total. The van der Waals surface area contributed by atoms with Crippen LogP contribution in [0.15, 0.2) is 36.5 Å². The first-order valence-corrected chi connectivity index (χ1v) is 9.83. The van der Waals surface area contributed by atoms with Gasteiger partial charge in [-0.15, -0.1) is 0 Å². The van der Waals surface area contributed by atoms with Crippen LogP contribution in [0.3, 0.4) is 0 Å². The predicted molar refractivity (Wildman–Crippen MR) is 113 cm³/mol. The van der Waals surface area contributed by atoms with Crippen molar-refractivity contribution in [3.05, 3.63) is 58.5 Å². The maximum Gasteiger partial charge on any atom is 0.226 e. The third kappa shape index (κ3) is 5.26. The highest BCUT2D eigenvalue weighted by atomic mass is 35.5. The second-order valence-corrected chi connectivity index (χ2v) is 8.12. The van der Waals surface area contributed by atoms with Gasteiger partial charge in [-0.2, -0.15) is 15.5 Å². The quantitative estimate of drug-likeness (QED) is 0.536. The Labute approximate surface area is 179 Å². The largest absolute Gasteiger partial charge is 0.384 e. The van der Waals surface area contributed by atoms with E-state index in [9.17, 15) is 9.90 Å². The normalized spacial score (nSPS) is 12.4. The average Bonchev–Trinajstić information content (AvgIpc) is 3.30. The van der Waals surface area contributed by atoms with E-state index in [0.29, 0.717) is 28.5 Å². The van der Waals surface area contributed by atoms with E-state index in [1.165, 1.54) is 0 Å². The number of nitriles is 1. The van der Waals surface area contributed by atoms with Gasteiger partial charge in [-0.05, 0) is 45.0 Å². The number of carbonyl (C=O) groups is 1. The van der Waals surface area contributed by atoms with Crippen molar-refractivity contribution in [2.45, 2.75) is 45.4 Å². The summed E-state index contributed by atoms with van der Waals surface area (Å²) >= 11 is 6.10. The van der Waals surface area contributed by atoms with Crippen LogP contribution >= 0.6 is 11.6 Å². The van der Waals surface area contributed by atoms with Crippen LogP contribution in [0, 0.1) is 11.3 Å². The van der Waals surface area contributed by atoms with Crippen LogP contribution in [-0.2, 0) is 23.4 Å². The molecule has 0 radical (unpaired) electrons. The Balaban J connectivity index is 1.57. The first-order valence-electron chi connectivity index (χ1n) is 9.45. The van der Waals surface area contributed by atoms with Crippen LogP contribution in [0.5, 0.6) is 0 Å². The highest BCUT2D eigenvalue weighted by Gasteiger charge is 2.20. The Morgan fingerprint density at radius 2 is 2.17 bits per heavy atom. The van der Waals surface area contributed by atoms with Crippen molar-refractivity contribution in [1.82, 2.24) is 25.3 Å². The molecule has 30 heavy (non-hydrogen) atoms. The molecule has 0 saturated heterocycles. The predicted octanol–water partition coefficient (Wildman–Crippen LogP) is 2.77. The van der Waals surface area contributed by atoms with Crippen molar-refractivity contribution in [1.29, 1.82) is 5.26 Å². The fourth-order valence-electron chi connectivity index (χ4n) is 2.97. The van der Waals surface area contributed by atoms with Gasteiger partial charge in [0.15, 0.2) is 0 Å². The number of nitrogens with zero attached hydrogens (tertiary/aromatic N) is 4. The molecule has 0 aliphatic heterocycles. The monoisotopic (exact) mass is 426 g/mol. The van der Waals surface area contributed by atoms with Crippen molar-refractivity contribution in [3.8, 4) is 17.3 Å². The standard InChI is InChI=1S/C21H23ClN6O2/c1-13(24-20(29)10-16-9-19(26-25-16)21(2,3)30)12-28-7-6-18(27-28)14-4-5-15(11-23)17(22)8-14/h4-9,13,30H,10,12H2,1-3H3,(H,24,29)(H,25,26)/t13-/m0/s1. The van der Waals surface area contributed by atoms with Crippen molar-refractivity contribution < 1.29 is 9.90 Å². The molecule has 3 rings (SSSR count). The molecule has 3 aromatic rings. The summed E-state index contributed by atoms with van der Waals surface area (Å²) in [6.07, 6.45) is 1.97. The van der Waals surface area contributed by atoms with E-state index in [1.807, 2.05) is 25.3 Å². The van der Waals surface area contributed by atoms with Crippen molar-refractivity contribution in [2.75, 3.05) is 0 Å². The number of nitrogens with one attached hydrogen (secondary N) is 2. The average molecular weight is 427 g/mol. The van der Waals surface area contributed by atoms with Crippen LogP contribution < -0.4 is 5.32 Å². The summed E-state index contributed by atoms with van der Waals surface area (Å²) in [5.41, 5.74) is 2.03. The molecule has 156 valence electrons. The molecule has 0 bridgehead atoms. The SMILES string of the molecule is C[C@@H](Cn1ccc(-c2ccc(C#N)c(Cl)c2)n1)NC(=O)Cc1cc(C(C)(C)O)n[nH]1. The van der Waals surface area contributed by atoms with E-state index < -0.39 is 5.60 Å². The summed E-state index contributed by atoms with van der Waals surface area (Å²) in [6, 6.07) is 10.6. The van der Waals surface area contributed by atoms with Crippen molar-refractivity contribution in [3.63, 3.8) is 0 Å². The van der Waals surface area contributed by atoms with E-state index >= 15 is 0 Å². The summed E-state index contributed by atoms with van der Waals surface area (Å²) in [6.45, 7) is 5.67. The first kappa shape index (κ1) is 21.6. The van der Waals surface area contributed by atoms with Gasteiger partial charge in [-0.3, -0.25) is 14.6 Å². The number of hydrogen-bond acceptors (Lipinski definition) is 5. The molecule has 0 aliphatic rings. The molecule has 0 unspecified atom stereocenters. The van der Waals surface area contributed by atoms with Crippen LogP contribution in [0.25, 0.3) is 11.3 Å². The Kier molecular flexibility index (Phi) is 6.25. The number of halogens is 1. The molecule has 1 atom stereocenters. The summed E-state index contributed by atoms with van der Waals surface area (Å²) in [7, 11) is 0. The lowest BCUT2D eigenvalue weighted by atomic mass is 10.1. The third-order valence-electron chi connectivity index (χ3n) is 4.50. The Morgan fingerprint density at radius 3 is 2.80 bits per heavy atom. The highest BCUT2D eigenvalue weighted by molar-refractivity contribution is 6.32. The summed E-state index contributed by atoms with van der Waals surface area (Å²) in [5.74, 6) is -0.153. The molecule has 1 aromatic carbocycles. The zero-order chi connectivity index (χ0) is 21.9. The van der Waals surface area contributed by atoms with E-state index in [4.69, 9.17) is 16.9 Å². The van der Waals surface area contributed by atoms with Gasteiger partial charge in [0.1, 0.15) is 11.7 Å². The molecular formula is C21H23ClN6O2. The fraction of sp³-hybridized carbons (Fsp3) is 0.333. The number of aromatic nitrogens is 4. The molecule has 2 heterocycles. The second-order valence-electron chi connectivity index (χ2n) is 7.71. The maximum atomic E-state index is 12.3. The lowest BCUT2D eigenvalue weighted by molar-refractivity contribution is -0.121. The fourth-order valence-corrected chi connectivity index (χ4v) is 3.20. The zero-order valence-corrected chi connectivity index (χ0v) is 17.7. The lowest BCUT2D eigenvalue weighted by Crippen LogP contribution is -2.36. The Bertz CT molecular complexity index is 1090. The van der Waals surface area contributed by atoms with E-state index in [1.54, 1.807) is 42.8 Å². The van der Waals surface area contributed by atoms with Crippen LogP contribution in [0.4, 0.5) is 0 Å². The summed E-state index contributed by atoms with van der Waals surface area (Å²) in [4.78, 5) is 12.3. The van der Waals surface area contributed by atoms with Gasteiger partial charge in [0.25, 0.3) is 0 Å². The van der Waals surface area contributed by atoms with Gasteiger partial charge < -0.3 is 10.4 Å². The number of benzene rings is 1. The Hall–Kier alpha value is -3.15. The van der Waals surface area contributed by atoms with E-state index in [2.05, 4.69) is 20.6 Å².